The molecule has 122 valence electrons. The number of hydrogen-bond acceptors (Lipinski definition) is 1. The highest BCUT2D eigenvalue weighted by atomic mass is 16.4. The highest BCUT2D eigenvalue weighted by molar-refractivity contribution is 5.92. The number of carbonyl (C=O) groups is 1. The minimum atomic E-state index is -0.679. The molecule has 0 saturated heterocycles. The molecule has 5 rings (SSSR count). The third-order valence-electron chi connectivity index (χ3n) is 7.62. The van der Waals surface area contributed by atoms with Gasteiger partial charge < -0.3 is 5.11 Å². The van der Waals surface area contributed by atoms with E-state index in [9.17, 15) is 9.90 Å². The Bertz CT molecular complexity index is 603. The van der Waals surface area contributed by atoms with Gasteiger partial charge in [-0.15, -0.1) is 0 Å². The normalized spacial score (nSPS) is 40.9. The molecular weight excluding hydrogens is 284 g/mol. The molecule has 1 aromatic rings. The van der Waals surface area contributed by atoms with Gasteiger partial charge in [0.1, 0.15) is 0 Å². The summed E-state index contributed by atoms with van der Waals surface area (Å²) in [5.41, 5.74) is 3.04. The van der Waals surface area contributed by atoms with Crippen LogP contribution in [0.5, 0.6) is 0 Å². The van der Waals surface area contributed by atoms with E-state index in [1.165, 1.54) is 62.5 Å². The van der Waals surface area contributed by atoms with Crippen LogP contribution in [-0.4, -0.2) is 11.1 Å². The molecule has 0 aromatic heterocycles. The van der Waals surface area contributed by atoms with E-state index in [1.54, 1.807) is 0 Å². The fourth-order valence-electron chi connectivity index (χ4n) is 6.70. The van der Waals surface area contributed by atoms with E-state index in [4.69, 9.17) is 0 Å². The predicted molar refractivity (Wildman–Crippen MR) is 89.8 cm³/mol. The second kappa shape index (κ2) is 5.09. The average molecular weight is 310 g/mol. The predicted octanol–water partition coefficient (Wildman–Crippen LogP) is 5.19. The quantitative estimate of drug-likeness (QED) is 0.834. The number of rotatable bonds is 3. The van der Waals surface area contributed by atoms with Gasteiger partial charge in [0, 0.05) is 0 Å². The number of aromatic carboxylic acids is 1. The minimum absolute atomic E-state index is 0.512. The van der Waals surface area contributed by atoms with Crippen molar-refractivity contribution in [2.24, 2.45) is 23.7 Å². The number of fused-ring (bicyclic) bond motifs is 4. The molecule has 4 bridgehead atoms. The van der Waals surface area contributed by atoms with Crippen molar-refractivity contribution in [1.29, 1.82) is 0 Å². The molecule has 23 heavy (non-hydrogen) atoms. The number of carboxylic acids is 1. The van der Waals surface area contributed by atoms with E-state index in [2.05, 4.69) is 18.2 Å². The fraction of sp³-hybridized carbons (Fsp3) is 0.667. The summed E-state index contributed by atoms with van der Waals surface area (Å²) < 4.78 is 0. The zero-order chi connectivity index (χ0) is 15.6. The second-order valence-electron chi connectivity index (χ2n) is 8.68. The molecule has 0 radical (unpaired) electrons. The molecule has 4 aliphatic carbocycles. The highest BCUT2D eigenvalue weighted by Crippen LogP contribution is 2.56. The van der Waals surface area contributed by atoms with Crippen LogP contribution in [0.4, 0.5) is 0 Å². The molecule has 0 spiro atoms. The lowest BCUT2D eigenvalue weighted by atomic mass is 9.76. The largest absolute Gasteiger partial charge is 0.478 e. The van der Waals surface area contributed by atoms with Gasteiger partial charge in [-0.2, -0.15) is 0 Å². The van der Waals surface area contributed by atoms with Crippen LogP contribution in [0.15, 0.2) is 18.2 Å². The summed E-state index contributed by atoms with van der Waals surface area (Å²) in [6, 6.07) is 6.41. The van der Waals surface area contributed by atoms with Crippen molar-refractivity contribution in [3.63, 3.8) is 0 Å². The summed E-state index contributed by atoms with van der Waals surface area (Å²) in [6.07, 6.45) is 10.5. The lowest BCUT2D eigenvalue weighted by Gasteiger charge is -2.28. The second-order valence-corrected chi connectivity index (χ2v) is 8.68. The lowest BCUT2D eigenvalue weighted by Crippen LogP contribution is -2.18. The molecule has 0 heterocycles. The van der Waals surface area contributed by atoms with Gasteiger partial charge in [-0.1, -0.05) is 31.0 Å². The molecule has 0 amide bonds. The Balaban J connectivity index is 1.56. The lowest BCUT2D eigenvalue weighted by molar-refractivity contribution is 0.0692. The third kappa shape index (κ3) is 2.10. The van der Waals surface area contributed by atoms with Gasteiger partial charge >= 0.3 is 5.97 Å². The van der Waals surface area contributed by atoms with E-state index in [0.717, 1.165) is 23.7 Å². The van der Waals surface area contributed by atoms with Crippen LogP contribution in [0.25, 0.3) is 0 Å². The van der Waals surface area contributed by atoms with E-state index in [0.29, 0.717) is 17.4 Å². The standard InChI is InChI=1S/C21H26O2/c22-21(23)20-16(18-10-12-4-6-14(18)8-12)2-1-3-17(20)19-11-13-5-7-15(19)9-13/h1-3,12-15,18-19H,4-11H2,(H,22,23). The molecule has 6 atom stereocenters. The summed E-state index contributed by atoms with van der Waals surface area (Å²) in [6.45, 7) is 0. The first-order valence-corrected chi connectivity index (χ1v) is 9.56. The SMILES string of the molecule is O=C(O)c1c(C2CC3CCC2C3)cccc1C1CC2CCC1C2. The smallest absolute Gasteiger partial charge is 0.336 e. The van der Waals surface area contributed by atoms with Crippen LogP contribution in [-0.2, 0) is 0 Å². The Morgan fingerprint density at radius 3 is 1.70 bits per heavy atom. The molecule has 2 nitrogen and oxygen atoms in total. The average Bonchev–Trinajstić information content (AvgIpc) is 3.33. The summed E-state index contributed by atoms with van der Waals surface area (Å²) >= 11 is 0. The molecule has 6 unspecified atom stereocenters. The Morgan fingerprint density at radius 1 is 0.826 bits per heavy atom. The van der Waals surface area contributed by atoms with Crippen LogP contribution in [0.1, 0.15) is 84.7 Å². The zero-order valence-electron chi connectivity index (χ0n) is 13.7. The van der Waals surface area contributed by atoms with Crippen molar-refractivity contribution in [1.82, 2.24) is 0 Å². The monoisotopic (exact) mass is 310 g/mol. The van der Waals surface area contributed by atoms with Gasteiger partial charge in [-0.05, 0) is 85.2 Å². The minimum Gasteiger partial charge on any atom is -0.478 e. The van der Waals surface area contributed by atoms with E-state index in [1.807, 2.05) is 0 Å². The van der Waals surface area contributed by atoms with Crippen LogP contribution in [0, 0.1) is 23.7 Å². The Hall–Kier alpha value is -1.31. The van der Waals surface area contributed by atoms with E-state index in [-0.39, 0.29) is 0 Å². The molecule has 0 aliphatic heterocycles. The van der Waals surface area contributed by atoms with Crippen LogP contribution in [0.3, 0.4) is 0 Å². The van der Waals surface area contributed by atoms with Gasteiger partial charge in [0.25, 0.3) is 0 Å². The van der Waals surface area contributed by atoms with Crippen molar-refractivity contribution in [2.75, 3.05) is 0 Å². The van der Waals surface area contributed by atoms with Crippen LogP contribution < -0.4 is 0 Å². The molecule has 1 N–H and O–H groups in total. The van der Waals surface area contributed by atoms with Gasteiger partial charge in [0.05, 0.1) is 5.56 Å². The Labute approximate surface area is 138 Å². The highest BCUT2D eigenvalue weighted by Gasteiger charge is 2.44. The Morgan fingerprint density at radius 2 is 1.35 bits per heavy atom. The summed E-state index contributed by atoms with van der Waals surface area (Å²) in [7, 11) is 0. The first kappa shape index (κ1) is 14.1. The first-order valence-electron chi connectivity index (χ1n) is 9.56. The maximum absolute atomic E-state index is 12.2. The maximum atomic E-state index is 12.2. The van der Waals surface area contributed by atoms with Crippen molar-refractivity contribution in [3.05, 3.63) is 34.9 Å². The molecule has 4 fully saturated rings. The number of hydrogen-bond donors (Lipinski definition) is 1. The summed E-state index contributed by atoms with van der Waals surface area (Å²) in [4.78, 5) is 12.2. The zero-order valence-corrected chi connectivity index (χ0v) is 13.7. The first-order chi connectivity index (χ1) is 11.2. The fourth-order valence-corrected chi connectivity index (χ4v) is 6.70. The molecule has 4 aliphatic rings. The van der Waals surface area contributed by atoms with E-state index >= 15 is 0 Å². The van der Waals surface area contributed by atoms with Crippen molar-refractivity contribution in [2.45, 2.75) is 63.2 Å². The number of carboxylic acid groups (broad SMARTS) is 1. The molecular formula is C21H26O2. The van der Waals surface area contributed by atoms with Gasteiger partial charge in [-0.3, -0.25) is 0 Å². The van der Waals surface area contributed by atoms with E-state index < -0.39 is 5.97 Å². The number of benzene rings is 1. The maximum Gasteiger partial charge on any atom is 0.336 e. The van der Waals surface area contributed by atoms with Crippen LogP contribution >= 0.6 is 0 Å². The molecule has 4 saturated carbocycles. The summed E-state index contributed by atoms with van der Waals surface area (Å²) in [5.74, 6) is 3.55. The third-order valence-corrected chi connectivity index (χ3v) is 7.62. The topological polar surface area (TPSA) is 37.3 Å². The van der Waals surface area contributed by atoms with Crippen molar-refractivity contribution >= 4 is 5.97 Å². The van der Waals surface area contributed by atoms with Crippen LogP contribution in [0.2, 0.25) is 0 Å². The van der Waals surface area contributed by atoms with Crippen molar-refractivity contribution < 1.29 is 9.90 Å². The van der Waals surface area contributed by atoms with Gasteiger partial charge in [0.15, 0.2) is 0 Å². The van der Waals surface area contributed by atoms with Gasteiger partial charge in [-0.25, -0.2) is 4.79 Å². The van der Waals surface area contributed by atoms with Gasteiger partial charge in [0.2, 0.25) is 0 Å². The Kier molecular flexibility index (Phi) is 3.11. The molecule has 2 heteroatoms. The molecule has 1 aromatic carbocycles. The van der Waals surface area contributed by atoms with Crippen molar-refractivity contribution in [3.8, 4) is 0 Å². The summed E-state index contributed by atoms with van der Waals surface area (Å²) in [5, 5.41) is 10.0.